The highest BCUT2D eigenvalue weighted by Crippen LogP contribution is 2.70. The van der Waals surface area contributed by atoms with Gasteiger partial charge in [0.2, 0.25) is 0 Å². The van der Waals surface area contributed by atoms with Gasteiger partial charge in [0, 0.05) is 6.42 Å². The summed E-state index contributed by atoms with van der Waals surface area (Å²) >= 11 is 36.5. The maximum Gasteiger partial charge on any atom is 0.494 e. The summed E-state index contributed by atoms with van der Waals surface area (Å²) in [6, 6.07) is 0. The fourth-order valence-electron chi connectivity index (χ4n) is 6.19. The van der Waals surface area contributed by atoms with Crippen LogP contribution in [0.5, 0.6) is 0 Å². The van der Waals surface area contributed by atoms with Crippen LogP contribution in [0.3, 0.4) is 0 Å². The molecule has 22 heavy (non-hydrogen) atoms. The van der Waals surface area contributed by atoms with Crippen molar-refractivity contribution in [3.05, 3.63) is 0 Å². The quantitative estimate of drug-likeness (QED) is 0.366. The van der Waals surface area contributed by atoms with E-state index in [1.165, 1.54) is 0 Å². The van der Waals surface area contributed by atoms with Crippen molar-refractivity contribution in [2.75, 3.05) is 0 Å². The Labute approximate surface area is 161 Å². The molecule has 0 aromatic rings. The molecular weight excluding hydrogens is 445 g/mol. The van der Waals surface area contributed by atoms with E-state index in [-0.39, 0.29) is 10.8 Å². The van der Waals surface area contributed by atoms with Gasteiger partial charge < -0.3 is 8.85 Å². The molecule has 0 radical (unpaired) electrons. The molecule has 4 aliphatic rings. The lowest BCUT2D eigenvalue weighted by Gasteiger charge is -2.69. The second kappa shape index (κ2) is 5.31. The third-order valence-electron chi connectivity index (χ3n) is 5.16. The molecule has 0 N–H and O–H groups in total. The van der Waals surface area contributed by atoms with Crippen LogP contribution in [-0.4, -0.2) is 23.7 Å². The van der Waals surface area contributed by atoms with E-state index in [4.69, 9.17) is 75.3 Å². The maximum atomic E-state index is 6.08. The van der Waals surface area contributed by atoms with Gasteiger partial charge in [-0.05, 0) is 42.9 Å². The van der Waals surface area contributed by atoms with Crippen molar-refractivity contribution >= 4 is 79.0 Å². The number of hydrogen-bond donors (Lipinski definition) is 0. The summed E-state index contributed by atoms with van der Waals surface area (Å²) in [5, 5.41) is 0. The second-order valence-electron chi connectivity index (χ2n) is 8.14. The Kier molecular flexibility index (Phi) is 4.55. The monoisotopic (exact) mass is 460 g/mol. The van der Waals surface area contributed by atoms with Crippen LogP contribution in [0.4, 0.5) is 0 Å². The number of halogens is 6. The lowest BCUT2D eigenvalue weighted by Crippen LogP contribution is -2.68. The summed E-state index contributed by atoms with van der Waals surface area (Å²) in [6.07, 6.45) is -1.19. The first-order valence-electron chi connectivity index (χ1n) is 7.19. The zero-order valence-electron chi connectivity index (χ0n) is 12.3. The molecule has 4 bridgehead atoms. The highest BCUT2D eigenvalue weighted by Gasteiger charge is 2.69. The highest BCUT2D eigenvalue weighted by molar-refractivity contribution is 7.62. The van der Waals surface area contributed by atoms with Crippen molar-refractivity contribution in [1.82, 2.24) is 0 Å². The summed E-state index contributed by atoms with van der Waals surface area (Å²) in [5.41, 5.74) is -0.809. The predicted octanol–water partition coefficient (Wildman–Crippen LogP) is 6.20. The van der Waals surface area contributed by atoms with E-state index in [9.17, 15) is 0 Å². The van der Waals surface area contributed by atoms with Gasteiger partial charge >= 0.3 is 12.5 Å². The minimum Gasteiger partial charge on any atom is -0.375 e. The normalized spacial score (nSPS) is 48.0. The van der Waals surface area contributed by atoms with Crippen LogP contribution in [0.15, 0.2) is 0 Å². The first-order chi connectivity index (χ1) is 9.66. The van der Waals surface area contributed by atoms with Crippen LogP contribution in [0.1, 0.15) is 52.4 Å². The van der Waals surface area contributed by atoms with E-state index in [0.29, 0.717) is 6.42 Å². The smallest absolute Gasteiger partial charge is 0.375 e. The molecule has 0 aromatic carbocycles. The van der Waals surface area contributed by atoms with E-state index in [2.05, 4.69) is 13.8 Å². The van der Waals surface area contributed by atoms with Gasteiger partial charge in [-0.3, -0.25) is 0 Å². The molecule has 0 spiro atoms. The van der Waals surface area contributed by atoms with Gasteiger partial charge in [-0.1, -0.05) is 80.3 Å². The highest BCUT2D eigenvalue weighted by atomic mass is 35.8. The SMILES string of the molecule is CC12CC3(C)CC(O[Si](Cl)(Cl)Cl)(C1)CC(O[Si](Cl)(Cl)Cl)(C2)C3. The van der Waals surface area contributed by atoms with Crippen molar-refractivity contribution in [3.63, 3.8) is 0 Å². The molecule has 128 valence electrons. The molecule has 10 heteroatoms. The molecule has 0 heterocycles. The molecule has 0 unspecified atom stereocenters. The molecule has 0 aromatic heterocycles. The Hall–Kier alpha value is 2.09. The molecule has 4 saturated carbocycles. The molecule has 4 aliphatic carbocycles. The second-order valence-corrected chi connectivity index (χ2v) is 23.4. The van der Waals surface area contributed by atoms with Crippen molar-refractivity contribution in [1.29, 1.82) is 0 Å². The van der Waals surface area contributed by atoms with Crippen molar-refractivity contribution in [2.24, 2.45) is 10.8 Å². The lowest BCUT2D eigenvalue weighted by molar-refractivity contribution is -0.234. The Morgan fingerprint density at radius 3 is 1.18 bits per heavy atom. The number of rotatable bonds is 4. The molecule has 0 amide bonds. The minimum absolute atomic E-state index is 0.0676. The van der Waals surface area contributed by atoms with E-state index in [0.717, 1.165) is 32.1 Å². The third-order valence-corrected chi connectivity index (χ3v) is 7.88. The summed E-state index contributed by atoms with van der Waals surface area (Å²) in [4.78, 5) is 0. The predicted molar refractivity (Wildman–Crippen MR) is 98.2 cm³/mol. The van der Waals surface area contributed by atoms with E-state index in [1.807, 2.05) is 0 Å². The van der Waals surface area contributed by atoms with Crippen LogP contribution in [0.25, 0.3) is 0 Å². The summed E-state index contributed by atoms with van der Waals surface area (Å²) in [7, 11) is 0. The van der Waals surface area contributed by atoms with Gasteiger partial charge in [-0.2, -0.15) is 0 Å². The molecule has 0 aliphatic heterocycles. The molecular formula is C12H18Cl6O2Si2. The molecule has 0 saturated heterocycles. The van der Waals surface area contributed by atoms with E-state index < -0.39 is 23.7 Å². The van der Waals surface area contributed by atoms with E-state index >= 15 is 0 Å². The minimum atomic E-state index is -3.23. The first-order valence-corrected chi connectivity index (χ1v) is 17.1. The van der Waals surface area contributed by atoms with Gasteiger partial charge in [-0.25, -0.2) is 0 Å². The van der Waals surface area contributed by atoms with Gasteiger partial charge in [0.15, 0.2) is 0 Å². The first kappa shape index (κ1) is 18.9. The zero-order valence-corrected chi connectivity index (χ0v) is 18.9. The third kappa shape index (κ3) is 3.92. The summed E-state index contributed by atoms with van der Waals surface area (Å²) < 4.78 is 12.1. The van der Waals surface area contributed by atoms with Gasteiger partial charge in [-0.15, -0.1) is 0 Å². The van der Waals surface area contributed by atoms with Crippen LogP contribution in [0.2, 0.25) is 0 Å². The van der Waals surface area contributed by atoms with Crippen molar-refractivity contribution in [3.8, 4) is 0 Å². The average molecular weight is 463 g/mol. The standard InChI is InChI=1S/C12H18Cl6O2Si2/c1-9-3-10(2)6-11(4-9,19-21(13,14)15)8-12(5-9,7-10)20-22(16,17)18/h3-8H2,1-2H3. The Balaban J connectivity index is 1.99. The van der Waals surface area contributed by atoms with Crippen LogP contribution >= 0.6 is 66.5 Å². The fourth-order valence-corrected chi connectivity index (χ4v) is 10.5. The fraction of sp³-hybridized carbons (Fsp3) is 1.00. The zero-order chi connectivity index (χ0) is 16.7. The Bertz CT molecular complexity index is 424. The summed E-state index contributed by atoms with van der Waals surface area (Å²) in [5.74, 6) is 0. The Morgan fingerprint density at radius 1 is 0.591 bits per heavy atom. The topological polar surface area (TPSA) is 18.5 Å². The van der Waals surface area contributed by atoms with Crippen molar-refractivity contribution < 1.29 is 8.85 Å². The maximum absolute atomic E-state index is 6.08. The molecule has 0 atom stereocenters. The van der Waals surface area contributed by atoms with Gasteiger partial charge in [0.05, 0.1) is 11.2 Å². The molecule has 4 rings (SSSR count). The largest absolute Gasteiger partial charge is 0.494 e. The van der Waals surface area contributed by atoms with Crippen LogP contribution in [0, 0.1) is 10.8 Å². The Morgan fingerprint density at radius 2 is 0.909 bits per heavy atom. The van der Waals surface area contributed by atoms with Gasteiger partial charge in [0.1, 0.15) is 0 Å². The van der Waals surface area contributed by atoms with Gasteiger partial charge in [0.25, 0.3) is 0 Å². The van der Waals surface area contributed by atoms with Crippen LogP contribution in [-0.2, 0) is 8.85 Å². The molecule has 2 nitrogen and oxygen atoms in total. The summed E-state index contributed by atoms with van der Waals surface area (Å²) in [6.45, 7) is 4.50. The lowest BCUT2D eigenvalue weighted by atomic mass is 9.42. The van der Waals surface area contributed by atoms with Crippen LogP contribution < -0.4 is 0 Å². The van der Waals surface area contributed by atoms with E-state index in [1.54, 1.807) is 0 Å². The number of hydrogen-bond acceptors (Lipinski definition) is 2. The average Bonchev–Trinajstić information content (AvgIpc) is 1.99. The van der Waals surface area contributed by atoms with Crippen molar-refractivity contribution in [2.45, 2.75) is 63.6 Å². The molecule has 4 fully saturated rings.